The van der Waals surface area contributed by atoms with Crippen LogP contribution in [0.5, 0.6) is 5.75 Å². The van der Waals surface area contributed by atoms with Gasteiger partial charge in [-0.15, -0.1) is 0 Å². The van der Waals surface area contributed by atoms with Crippen LogP contribution in [0.1, 0.15) is 0 Å². The Hall–Kier alpha value is -3.22. The smallest absolute Gasteiger partial charge is 0.263 e. The van der Waals surface area contributed by atoms with Crippen molar-refractivity contribution in [2.45, 2.75) is 12.1 Å². The molecule has 1 fully saturated rings. The van der Waals surface area contributed by atoms with Crippen molar-refractivity contribution in [3.05, 3.63) is 54.6 Å². The average molecular weight is 322 g/mol. The molecule has 0 saturated carbocycles. The predicted molar refractivity (Wildman–Crippen MR) is 86.8 cm³/mol. The summed E-state index contributed by atoms with van der Waals surface area (Å²) >= 11 is 0. The van der Waals surface area contributed by atoms with Crippen LogP contribution in [0.3, 0.4) is 0 Å². The molecule has 0 unspecified atom stereocenters. The van der Waals surface area contributed by atoms with Crippen LogP contribution in [0.15, 0.2) is 64.9 Å². The Balaban J connectivity index is 1.70. The normalized spacial score (nSPS) is 22.2. The molecule has 0 radical (unpaired) electrons. The molecule has 2 aromatic rings. The molecule has 0 aliphatic carbocycles. The summed E-state index contributed by atoms with van der Waals surface area (Å²) in [5, 5.41) is 9.54. The van der Waals surface area contributed by atoms with Crippen LogP contribution in [0.2, 0.25) is 0 Å². The Morgan fingerprint density at radius 2 is 1.71 bits per heavy atom. The number of imide groups is 1. The fraction of sp³-hybridized carbons (Fsp3) is 0.176. The third-order valence-electron chi connectivity index (χ3n) is 4.11. The van der Waals surface area contributed by atoms with Gasteiger partial charge in [-0.3, -0.25) is 9.59 Å². The molecule has 4 rings (SSSR count). The zero-order valence-corrected chi connectivity index (χ0v) is 12.9. The highest BCUT2D eigenvalue weighted by molar-refractivity contribution is 6.26. The number of carbonyl (C=O) groups excluding carboxylic acids is 2. The first kappa shape index (κ1) is 14.4. The first-order valence-corrected chi connectivity index (χ1v) is 7.47. The Morgan fingerprint density at radius 1 is 0.958 bits per heavy atom. The third-order valence-corrected chi connectivity index (χ3v) is 4.11. The van der Waals surface area contributed by atoms with E-state index in [1.54, 1.807) is 24.3 Å². The lowest BCUT2D eigenvalue weighted by Gasteiger charge is -2.20. The van der Waals surface area contributed by atoms with Crippen molar-refractivity contribution in [2.24, 2.45) is 10.3 Å². The first-order valence-electron chi connectivity index (χ1n) is 7.47. The van der Waals surface area contributed by atoms with Gasteiger partial charge in [0, 0.05) is 6.07 Å². The molecule has 7 heteroatoms. The number of benzene rings is 2. The molecular formula is C17H14N4O3. The maximum Gasteiger partial charge on any atom is 0.263 e. The second kappa shape index (κ2) is 5.45. The largest absolute Gasteiger partial charge is 0.497 e. The van der Waals surface area contributed by atoms with E-state index in [9.17, 15) is 9.59 Å². The maximum absolute atomic E-state index is 12.9. The summed E-state index contributed by atoms with van der Waals surface area (Å²) < 4.78 is 5.17. The topological polar surface area (TPSA) is 74.6 Å². The second-order valence-corrected chi connectivity index (χ2v) is 5.49. The van der Waals surface area contributed by atoms with Crippen molar-refractivity contribution in [1.29, 1.82) is 0 Å². The van der Waals surface area contributed by atoms with Crippen LogP contribution in [0.25, 0.3) is 0 Å². The van der Waals surface area contributed by atoms with Crippen LogP contribution in [0.4, 0.5) is 11.4 Å². The quantitative estimate of drug-likeness (QED) is 0.812. The maximum atomic E-state index is 12.9. The summed E-state index contributed by atoms with van der Waals surface area (Å²) in [7, 11) is 1.53. The minimum Gasteiger partial charge on any atom is -0.497 e. The van der Waals surface area contributed by atoms with Gasteiger partial charge in [-0.1, -0.05) is 29.5 Å². The van der Waals surface area contributed by atoms with E-state index in [0.717, 1.165) is 10.6 Å². The summed E-state index contributed by atoms with van der Waals surface area (Å²) in [5.41, 5.74) is 1.20. The lowest BCUT2D eigenvalue weighted by atomic mass is 10.1. The van der Waals surface area contributed by atoms with Crippen molar-refractivity contribution in [3.63, 3.8) is 0 Å². The molecule has 2 atom stereocenters. The zero-order chi connectivity index (χ0) is 16.7. The first-order chi connectivity index (χ1) is 11.7. The monoisotopic (exact) mass is 322 g/mol. The third kappa shape index (κ3) is 2.05. The lowest BCUT2D eigenvalue weighted by molar-refractivity contribution is -0.121. The highest BCUT2D eigenvalue weighted by Gasteiger charge is 2.55. The Labute approximate surface area is 138 Å². The van der Waals surface area contributed by atoms with Crippen molar-refractivity contribution in [2.75, 3.05) is 17.0 Å². The lowest BCUT2D eigenvalue weighted by Crippen LogP contribution is -2.39. The van der Waals surface area contributed by atoms with Crippen LogP contribution in [0, 0.1) is 0 Å². The van der Waals surface area contributed by atoms with Crippen molar-refractivity contribution >= 4 is 23.2 Å². The number of fused-ring (bicyclic) bond motifs is 1. The Bertz CT molecular complexity index is 837. The summed E-state index contributed by atoms with van der Waals surface area (Å²) in [4.78, 5) is 26.7. The van der Waals surface area contributed by atoms with Crippen LogP contribution < -0.4 is 14.6 Å². The highest BCUT2D eigenvalue weighted by Crippen LogP contribution is 2.35. The molecule has 24 heavy (non-hydrogen) atoms. The van der Waals surface area contributed by atoms with E-state index in [-0.39, 0.29) is 11.8 Å². The van der Waals surface area contributed by atoms with Gasteiger partial charge in [-0.25, -0.2) is 9.91 Å². The van der Waals surface area contributed by atoms with Crippen molar-refractivity contribution in [3.8, 4) is 5.75 Å². The van der Waals surface area contributed by atoms with E-state index in [0.29, 0.717) is 11.4 Å². The molecule has 1 saturated heterocycles. The van der Waals surface area contributed by atoms with E-state index in [4.69, 9.17) is 4.74 Å². The van der Waals surface area contributed by atoms with Crippen LogP contribution in [-0.4, -0.2) is 31.0 Å². The number of rotatable bonds is 3. The van der Waals surface area contributed by atoms with Gasteiger partial charge in [0.25, 0.3) is 11.8 Å². The Kier molecular flexibility index (Phi) is 3.26. The van der Waals surface area contributed by atoms with Crippen molar-refractivity contribution < 1.29 is 14.3 Å². The molecule has 2 heterocycles. The molecule has 0 N–H and O–H groups in total. The van der Waals surface area contributed by atoms with Gasteiger partial charge in [-0.2, -0.15) is 5.11 Å². The number of carbonyl (C=O) groups is 2. The molecule has 0 aromatic heterocycles. The van der Waals surface area contributed by atoms with Crippen molar-refractivity contribution in [1.82, 2.24) is 0 Å². The van der Waals surface area contributed by atoms with E-state index in [2.05, 4.69) is 10.3 Å². The average Bonchev–Trinajstić information content (AvgIpc) is 3.16. The van der Waals surface area contributed by atoms with Gasteiger partial charge in [0.1, 0.15) is 5.75 Å². The highest BCUT2D eigenvalue weighted by atomic mass is 16.5. The van der Waals surface area contributed by atoms with E-state index in [1.165, 1.54) is 12.1 Å². The predicted octanol–water partition coefficient (Wildman–Crippen LogP) is 2.19. The summed E-state index contributed by atoms with van der Waals surface area (Å²) in [5.74, 6) is -0.140. The van der Waals surface area contributed by atoms with Gasteiger partial charge in [0.15, 0.2) is 12.1 Å². The standard InChI is InChI=1S/C17H14N4O3/c1-24-13-9-5-8-12(10-13)20-16(22)14-15(17(20)23)21(19-18-14)11-6-3-2-4-7-11/h2-10,14-15H,1H3/t14-,15-/m1/s1. The SMILES string of the molecule is COc1cccc(N2C(=O)[C@@H]3N=NN(c4ccccc4)[C@H]3C2=O)c1. The molecule has 0 bridgehead atoms. The van der Waals surface area contributed by atoms with Gasteiger partial charge >= 0.3 is 0 Å². The number of amides is 2. The van der Waals surface area contributed by atoms with Gasteiger partial charge in [0.2, 0.25) is 0 Å². The minimum atomic E-state index is -0.816. The van der Waals surface area contributed by atoms with Gasteiger partial charge in [0.05, 0.1) is 18.5 Å². The van der Waals surface area contributed by atoms with Gasteiger partial charge < -0.3 is 4.74 Å². The molecule has 7 nitrogen and oxygen atoms in total. The summed E-state index contributed by atoms with van der Waals surface area (Å²) in [6.07, 6.45) is 0. The summed E-state index contributed by atoms with van der Waals surface area (Å²) in [6, 6.07) is 14.5. The molecule has 2 amide bonds. The van der Waals surface area contributed by atoms with E-state index in [1.807, 2.05) is 30.3 Å². The fourth-order valence-corrected chi connectivity index (χ4v) is 2.96. The second-order valence-electron chi connectivity index (χ2n) is 5.49. The number of anilines is 2. The number of nitrogens with zero attached hydrogens (tertiary/aromatic N) is 4. The minimum absolute atomic E-state index is 0.341. The fourth-order valence-electron chi connectivity index (χ4n) is 2.96. The Morgan fingerprint density at radius 3 is 2.46 bits per heavy atom. The summed E-state index contributed by atoms with van der Waals surface area (Å²) in [6.45, 7) is 0. The number of ether oxygens (including phenoxy) is 1. The number of methoxy groups -OCH3 is 1. The molecule has 0 spiro atoms. The molecule has 2 aliphatic heterocycles. The molecule has 2 aliphatic rings. The number of hydrogen-bond acceptors (Lipinski definition) is 6. The molecule has 120 valence electrons. The van der Waals surface area contributed by atoms with Crippen LogP contribution in [-0.2, 0) is 9.59 Å². The molecular weight excluding hydrogens is 308 g/mol. The number of para-hydroxylation sites is 1. The van der Waals surface area contributed by atoms with Crippen LogP contribution >= 0.6 is 0 Å². The molecule has 2 aromatic carbocycles. The van der Waals surface area contributed by atoms with E-state index < -0.39 is 12.1 Å². The van der Waals surface area contributed by atoms with E-state index >= 15 is 0 Å². The number of hydrogen-bond donors (Lipinski definition) is 0. The van der Waals surface area contributed by atoms with Gasteiger partial charge in [-0.05, 0) is 24.3 Å². The zero-order valence-electron chi connectivity index (χ0n) is 12.9.